The Hall–Kier alpha value is -3.60. The maximum Gasteiger partial charge on any atom is 0.217 e. The molecule has 8 aliphatic heterocycles. The van der Waals surface area contributed by atoms with Crippen LogP contribution in [0.3, 0.4) is 0 Å². The predicted molar refractivity (Wildman–Crippen MR) is 311 cm³/mol. The van der Waals surface area contributed by atoms with E-state index in [0.717, 1.165) is 27.7 Å². The molecule has 45 nitrogen and oxygen atoms in total. The third-order valence-electron chi connectivity index (χ3n) is 18.2. The summed E-state index contributed by atoms with van der Waals surface area (Å²) >= 11 is 0. The van der Waals surface area contributed by atoms with E-state index in [1.807, 2.05) is 0 Å². The SMILES string of the molecule is CC(=O)N[C@@H]1[C@@H](O)[C@H](O[C@@H]2O[C@H](CO)[C@@H](O[C@@H]3O[C@H](CO[C@H]4O[C@H](CO)[C@@H](O)[C@H](O)[C@@H]4O[C@@H]4O[C@H](CO)[C@@H](O)[C@H](O)[C@H]4NC(C)=O)[C@@H](O)[C@H](O[C@H]4O[C@H](CO)[C@@H](O[C@@H]5O[C@H](CO)[C@@H](O)[C@H](O[C@@H]6O[C@H](CO)[C@H](O)[C@H](O)[C@H]6O)[C@H]5NC(C)=O)[C@H](O)[C@@H]4O)[C@@H]3O)[C@H](O)[C@H]2NC(C)=O)[C@@H](CO)O[C@H]1O. The number of rotatable bonds is 26. The summed E-state index contributed by atoms with van der Waals surface area (Å²) in [7, 11) is 0. The van der Waals surface area contributed by atoms with Crippen LogP contribution in [0, 0.1) is 0 Å². The minimum Gasteiger partial charge on any atom is -0.394 e. The first kappa shape index (κ1) is 83.0. The van der Waals surface area contributed by atoms with Gasteiger partial charge in [-0.1, -0.05) is 0 Å². The summed E-state index contributed by atoms with van der Waals surface area (Å²) in [4.78, 5) is 50.0. The molecule has 8 heterocycles. The van der Waals surface area contributed by atoms with Crippen molar-refractivity contribution in [1.82, 2.24) is 21.3 Å². The second kappa shape index (κ2) is 36.3. The van der Waals surface area contributed by atoms with Crippen LogP contribution in [0.2, 0.25) is 0 Å². The standard InChI is InChI=1S/C56H94N4O41/c1-13(68)57-25-35(78)43(21(9-65)88-49(25)86)96-51-27(59-15(3)70)36(79)44(22(10-66)93-51)98-55-42(85)47(33(76)24(95-55)12-87-56-48(38(81)31(74)19(7-63)92-56)101-50-26(58-14(2)69)34(77)29(72)17(5-61)89-50)100-54-41(84)39(82)45(23(11-67)94-54)97-52-28(60-16(4)71)46(32(75)20(8-64)90-52)99-53-40(83)37(80)30(73)18(6-62)91-53/h17-56,61-67,72-86H,5-12H2,1-4H3,(H,57,68)(H,58,69)(H,59,70)(H,60,71)/t17-,18-,19-,20-,21-,22-,23-,24-,25-,26-,27-,28-,29-,30+,31-,32-,33-,34-,35-,36-,37+,38+,39-,40-,41+,42+,43-,44-,45-,46-,47+,48+,49-,50+,51+,52+,53+,54-,55+,56+/m1/s1. The fourth-order valence-corrected chi connectivity index (χ4v) is 13.0. The molecule has 0 aromatic carbocycles. The van der Waals surface area contributed by atoms with Gasteiger partial charge in [0.25, 0.3) is 0 Å². The smallest absolute Gasteiger partial charge is 0.217 e. The molecule has 0 radical (unpaired) electrons. The van der Waals surface area contributed by atoms with Crippen LogP contribution < -0.4 is 21.3 Å². The first-order valence-electron chi connectivity index (χ1n) is 32.1. The lowest BCUT2D eigenvalue weighted by atomic mass is 9.93. The highest BCUT2D eigenvalue weighted by Gasteiger charge is 2.60. The molecule has 0 spiro atoms. The van der Waals surface area contributed by atoms with Crippen LogP contribution in [0.4, 0.5) is 0 Å². The summed E-state index contributed by atoms with van der Waals surface area (Å²) in [5.74, 6) is -3.38. The normalized spacial score (nSPS) is 48.3. The van der Waals surface area contributed by atoms with E-state index in [9.17, 15) is 132 Å². The molecule has 8 aliphatic rings. The summed E-state index contributed by atoms with van der Waals surface area (Å²) < 4.78 is 88.1. The zero-order chi connectivity index (χ0) is 74.5. The molecular formula is C56H94N4O41. The van der Waals surface area contributed by atoms with Gasteiger partial charge in [-0.25, -0.2) is 0 Å². The summed E-state index contributed by atoms with van der Waals surface area (Å²) in [5, 5.41) is 252. The van der Waals surface area contributed by atoms with Gasteiger partial charge in [-0.3, -0.25) is 19.2 Å². The zero-order valence-corrected chi connectivity index (χ0v) is 54.3. The highest BCUT2D eigenvalue weighted by Crippen LogP contribution is 2.39. The Morgan fingerprint density at radius 3 is 1.06 bits per heavy atom. The van der Waals surface area contributed by atoms with E-state index >= 15 is 0 Å². The molecule has 0 unspecified atom stereocenters. The van der Waals surface area contributed by atoms with Gasteiger partial charge in [-0.05, 0) is 0 Å². The second-order valence-electron chi connectivity index (χ2n) is 25.4. The largest absolute Gasteiger partial charge is 0.394 e. The van der Waals surface area contributed by atoms with Crippen molar-refractivity contribution in [2.45, 2.75) is 273 Å². The molecule has 8 rings (SSSR count). The minimum absolute atomic E-state index is 0.764. The van der Waals surface area contributed by atoms with Crippen molar-refractivity contribution < 1.29 is 203 Å². The van der Waals surface area contributed by atoms with Crippen LogP contribution in [-0.2, 0) is 90.2 Å². The van der Waals surface area contributed by atoms with Gasteiger partial charge in [0, 0.05) is 27.7 Å². The van der Waals surface area contributed by atoms with Gasteiger partial charge in [0.05, 0.1) is 52.9 Å². The number of hydrogen-bond acceptors (Lipinski definition) is 41. The molecule has 8 saturated heterocycles. The summed E-state index contributed by atoms with van der Waals surface area (Å²) in [6, 6.07) is -6.97. The summed E-state index contributed by atoms with van der Waals surface area (Å²) in [6.45, 7) is -4.42. The van der Waals surface area contributed by atoms with Crippen molar-refractivity contribution in [3.63, 3.8) is 0 Å². The zero-order valence-electron chi connectivity index (χ0n) is 54.3. The quantitative estimate of drug-likeness (QED) is 0.0382. The molecule has 8 fully saturated rings. The van der Waals surface area contributed by atoms with Gasteiger partial charge in [0.15, 0.2) is 50.3 Å². The average Bonchev–Trinajstić information content (AvgIpc) is 0.764. The highest BCUT2D eigenvalue weighted by molar-refractivity contribution is 5.74. The monoisotopic (exact) mass is 1480 g/mol. The Balaban J connectivity index is 1.10. The molecule has 4 amide bonds. The molecule has 0 aromatic heterocycles. The number of amides is 4. The molecule has 0 bridgehead atoms. The van der Waals surface area contributed by atoms with Crippen molar-refractivity contribution in [2.24, 2.45) is 0 Å². The molecule has 101 heavy (non-hydrogen) atoms. The topological polar surface area (TPSA) is 700 Å². The Labute approximate surface area is 572 Å². The fourth-order valence-electron chi connectivity index (χ4n) is 13.0. The lowest BCUT2D eigenvalue weighted by Crippen LogP contribution is -2.71. The van der Waals surface area contributed by atoms with E-state index in [-0.39, 0.29) is 0 Å². The first-order valence-corrected chi connectivity index (χ1v) is 32.1. The van der Waals surface area contributed by atoms with E-state index in [1.54, 1.807) is 0 Å². The van der Waals surface area contributed by atoms with E-state index in [1.165, 1.54) is 0 Å². The maximum atomic E-state index is 12.9. The first-order chi connectivity index (χ1) is 47.8. The van der Waals surface area contributed by atoms with E-state index < -0.39 is 322 Å². The number of ether oxygens (including phenoxy) is 15. The number of carbonyl (C=O) groups is 4. The van der Waals surface area contributed by atoms with Gasteiger partial charge in [0.2, 0.25) is 23.6 Å². The highest BCUT2D eigenvalue weighted by atomic mass is 16.8. The molecular weight excluding hydrogens is 1380 g/mol. The van der Waals surface area contributed by atoms with Crippen molar-refractivity contribution in [1.29, 1.82) is 0 Å². The molecule has 40 atom stereocenters. The fraction of sp³-hybridized carbons (Fsp3) is 0.929. The van der Waals surface area contributed by atoms with Crippen LogP contribution in [0.5, 0.6) is 0 Å². The predicted octanol–water partition coefficient (Wildman–Crippen LogP) is -17.9. The molecule has 584 valence electrons. The van der Waals surface area contributed by atoms with Crippen LogP contribution in [0.1, 0.15) is 27.7 Å². The third-order valence-corrected chi connectivity index (χ3v) is 18.2. The van der Waals surface area contributed by atoms with Crippen molar-refractivity contribution in [3.8, 4) is 0 Å². The molecule has 26 N–H and O–H groups in total. The van der Waals surface area contributed by atoms with Gasteiger partial charge in [-0.15, -0.1) is 0 Å². The summed E-state index contributed by atoms with van der Waals surface area (Å²) in [6.07, 6.45) is -72.7. The lowest BCUT2D eigenvalue weighted by molar-refractivity contribution is -0.393. The van der Waals surface area contributed by atoms with Crippen LogP contribution in [-0.4, -0.2) is 434 Å². The molecule has 0 aromatic rings. The van der Waals surface area contributed by atoms with E-state index in [4.69, 9.17) is 71.1 Å². The number of aliphatic hydroxyl groups is 22. The van der Waals surface area contributed by atoms with E-state index in [0.29, 0.717) is 0 Å². The number of nitrogens with one attached hydrogen (secondary N) is 4. The average molecular weight is 1480 g/mol. The van der Waals surface area contributed by atoms with E-state index in [2.05, 4.69) is 21.3 Å². The van der Waals surface area contributed by atoms with Gasteiger partial charge in [0.1, 0.15) is 195 Å². The van der Waals surface area contributed by atoms with Crippen molar-refractivity contribution >= 4 is 23.6 Å². The van der Waals surface area contributed by atoms with Crippen molar-refractivity contribution in [3.05, 3.63) is 0 Å². The van der Waals surface area contributed by atoms with Gasteiger partial charge in [-0.2, -0.15) is 0 Å². The van der Waals surface area contributed by atoms with Gasteiger partial charge < -0.3 is 205 Å². The van der Waals surface area contributed by atoms with Crippen LogP contribution in [0.15, 0.2) is 0 Å². The third kappa shape index (κ3) is 18.5. The Bertz CT molecular complexity index is 2640. The Morgan fingerprint density at radius 1 is 0.257 bits per heavy atom. The van der Waals surface area contributed by atoms with Crippen LogP contribution >= 0.6 is 0 Å². The molecule has 45 heteroatoms. The minimum atomic E-state index is -2.47. The second-order valence-corrected chi connectivity index (χ2v) is 25.4. The van der Waals surface area contributed by atoms with Gasteiger partial charge >= 0.3 is 0 Å². The number of aliphatic hydroxyl groups excluding tert-OH is 22. The number of hydrogen-bond donors (Lipinski definition) is 26. The van der Waals surface area contributed by atoms with Crippen molar-refractivity contribution in [2.75, 3.05) is 52.9 Å². The maximum absolute atomic E-state index is 12.9. The summed E-state index contributed by atoms with van der Waals surface area (Å²) in [5.41, 5.74) is 0. The Morgan fingerprint density at radius 2 is 0.554 bits per heavy atom. The Kier molecular flexibility index (Phi) is 29.9. The lowest BCUT2D eigenvalue weighted by Gasteiger charge is -2.51. The number of carbonyl (C=O) groups excluding carboxylic acids is 4. The molecule has 0 aliphatic carbocycles. The molecule has 0 saturated carbocycles. The van der Waals surface area contributed by atoms with Crippen LogP contribution in [0.25, 0.3) is 0 Å².